The maximum absolute atomic E-state index is 13.5. The van der Waals surface area contributed by atoms with E-state index in [1.165, 1.54) is 23.1 Å². The molecule has 3 N–H and O–H groups in total. The van der Waals surface area contributed by atoms with E-state index in [0.717, 1.165) is 21.9 Å². The second kappa shape index (κ2) is 16.8. The van der Waals surface area contributed by atoms with E-state index >= 15 is 0 Å². The summed E-state index contributed by atoms with van der Waals surface area (Å²) in [5.41, 5.74) is 3.37. The molecule has 4 aromatic carbocycles. The van der Waals surface area contributed by atoms with Crippen molar-refractivity contribution in [1.82, 2.24) is 10.3 Å². The van der Waals surface area contributed by atoms with E-state index in [-0.39, 0.29) is 11.6 Å². The molecule has 1 atom stereocenters. The summed E-state index contributed by atoms with van der Waals surface area (Å²) in [7, 11) is 0. The minimum Gasteiger partial charge on any atom is -0.494 e. The van der Waals surface area contributed by atoms with Gasteiger partial charge in [0, 0.05) is 32.1 Å². The van der Waals surface area contributed by atoms with Gasteiger partial charge in [-0.25, -0.2) is 4.98 Å². The van der Waals surface area contributed by atoms with Crippen molar-refractivity contribution in [3.63, 3.8) is 0 Å². The molecule has 1 unspecified atom stereocenters. The molecule has 0 bridgehead atoms. The lowest BCUT2D eigenvalue weighted by Gasteiger charge is -2.15. The fourth-order valence-electron chi connectivity index (χ4n) is 4.54. The van der Waals surface area contributed by atoms with Crippen LogP contribution in [0.2, 0.25) is 5.02 Å². The van der Waals surface area contributed by atoms with Crippen LogP contribution in [0.4, 0.5) is 10.8 Å². The maximum Gasteiger partial charge on any atom is 0.272 e. The van der Waals surface area contributed by atoms with Crippen molar-refractivity contribution >= 4 is 69.3 Å². The van der Waals surface area contributed by atoms with Gasteiger partial charge in [-0.05, 0) is 91.7 Å². The van der Waals surface area contributed by atoms with Crippen molar-refractivity contribution in [3.05, 3.63) is 130 Å². The van der Waals surface area contributed by atoms with E-state index in [1.54, 1.807) is 72.8 Å². The third kappa shape index (κ3) is 9.57. The highest BCUT2D eigenvalue weighted by molar-refractivity contribution is 8.00. The van der Waals surface area contributed by atoms with Crippen molar-refractivity contribution in [2.45, 2.75) is 30.4 Å². The van der Waals surface area contributed by atoms with Crippen molar-refractivity contribution in [3.8, 4) is 17.0 Å². The quantitative estimate of drug-likeness (QED) is 0.0839. The van der Waals surface area contributed by atoms with Gasteiger partial charge in [-0.15, -0.1) is 23.1 Å². The predicted molar refractivity (Wildman–Crippen MR) is 196 cm³/mol. The highest BCUT2D eigenvalue weighted by atomic mass is 35.5. The van der Waals surface area contributed by atoms with Gasteiger partial charge in [0.15, 0.2) is 5.13 Å². The Hall–Kier alpha value is -4.90. The number of nitrogens with one attached hydrogen (secondary N) is 3. The minimum absolute atomic E-state index is 0.0584. The molecule has 0 saturated heterocycles. The molecule has 0 aliphatic heterocycles. The minimum atomic E-state index is -0.506. The maximum atomic E-state index is 13.5. The summed E-state index contributed by atoms with van der Waals surface area (Å²) in [6.45, 7) is 4.48. The van der Waals surface area contributed by atoms with Crippen LogP contribution < -0.4 is 20.7 Å². The number of aromatic nitrogens is 1. The van der Waals surface area contributed by atoms with E-state index < -0.39 is 17.1 Å². The van der Waals surface area contributed by atoms with Crippen LogP contribution in [0.25, 0.3) is 17.3 Å². The number of nitrogens with zero attached hydrogens (tertiary/aromatic N) is 1. The van der Waals surface area contributed by atoms with Gasteiger partial charge in [0.2, 0.25) is 5.91 Å². The lowest BCUT2D eigenvalue weighted by atomic mass is 10.1. The molecule has 11 heteroatoms. The number of amides is 3. The number of halogens is 1. The topological polar surface area (TPSA) is 109 Å². The largest absolute Gasteiger partial charge is 0.494 e. The second-order valence-electron chi connectivity index (χ2n) is 10.4. The summed E-state index contributed by atoms with van der Waals surface area (Å²) in [5.74, 6) is -0.297. The molecule has 0 aliphatic rings. The van der Waals surface area contributed by atoms with E-state index in [0.29, 0.717) is 40.0 Å². The number of rotatable bonds is 13. The molecule has 5 aromatic rings. The number of thiazole rings is 1. The van der Waals surface area contributed by atoms with Crippen molar-refractivity contribution in [1.29, 1.82) is 0 Å². The Balaban J connectivity index is 1.25. The number of hydrogen-bond donors (Lipinski definition) is 3. The fourth-order valence-corrected chi connectivity index (χ4v) is 6.40. The molecule has 3 amide bonds. The number of benzene rings is 4. The molecule has 0 radical (unpaired) electrons. The molecule has 0 spiro atoms. The fraction of sp³-hybridized carbons (Fsp3) is 0.135. The van der Waals surface area contributed by atoms with E-state index in [2.05, 4.69) is 20.9 Å². The van der Waals surface area contributed by atoms with Crippen LogP contribution in [-0.2, 0) is 9.59 Å². The van der Waals surface area contributed by atoms with Gasteiger partial charge < -0.3 is 20.7 Å². The molecule has 5 rings (SSSR count). The molecule has 244 valence electrons. The highest BCUT2D eigenvalue weighted by Crippen LogP contribution is 2.31. The van der Waals surface area contributed by atoms with Crippen LogP contribution in [0.3, 0.4) is 0 Å². The molecule has 48 heavy (non-hydrogen) atoms. The third-order valence-corrected chi connectivity index (χ3v) is 9.31. The van der Waals surface area contributed by atoms with Gasteiger partial charge in [0.25, 0.3) is 11.8 Å². The summed E-state index contributed by atoms with van der Waals surface area (Å²) in [6, 6.07) is 30.5. The van der Waals surface area contributed by atoms with Gasteiger partial charge in [-0.1, -0.05) is 54.9 Å². The van der Waals surface area contributed by atoms with E-state index in [4.69, 9.17) is 16.3 Å². The smallest absolute Gasteiger partial charge is 0.272 e. The Morgan fingerprint density at radius 2 is 1.67 bits per heavy atom. The second-order valence-corrected chi connectivity index (χ2v) is 13.0. The van der Waals surface area contributed by atoms with Gasteiger partial charge in [-0.3, -0.25) is 14.4 Å². The molecule has 8 nitrogen and oxygen atoms in total. The van der Waals surface area contributed by atoms with Gasteiger partial charge in [0.1, 0.15) is 11.4 Å². The number of ether oxygens (including phenoxy) is 1. The van der Waals surface area contributed by atoms with Crippen LogP contribution in [0, 0.1) is 0 Å². The van der Waals surface area contributed by atoms with Crippen molar-refractivity contribution < 1.29 is 19.1 Å². The first-order valence-corrected chi connectivity index (χ1v) is 17.4. The Morgan fingerprint density at radius 3 is 2.38 bits per heavy atom. The molecule has 0 fully saturated rings. The lowest BCUT2D eigenvalue weighted by molar-refractivity contribution is -0.116. The standard InChI is InChI=1S/C37H33ClN4O4S2/c1-3-33(36(45)42-37-41-32(23-47-37)25-15-19-29(20-16-25)46-4-2)48-30-12-8-11-28(22-30)39-35(44)31(21-24-13-17-27(38)18-14-24)40-34(43)26-9-6-5-7-10-26/h5-23,33H,3-4H2,1-2H3,(H,39,44)(H,40,43)(H,41,42,45)/b31-21-. The number of carbonyl (C=O) groups is 3. The van der Waals surface area contributed by atoms with Crippen LogP contribution in [-0.4, -0.2) is 34.6 Å². The number of thioether (sulfide) groups is 1. The van der Waals surface area contributed by atoms with Gasteiger partial charge in [-0.2, -0.15) is 0 Å². The molecular formula is C37H33ClN4O4S2. The third-order valence-electron chi connectivity index (χ3n) is 6.94. The zero-order valence-electron chi connectivity index (χ0n) is 26.2. The summed E-state index contributed by atoms with van der Waals surface area (Å²) in [4.78, 5) is 45.1. The van der Waals surface area contributed by atoms with Crippen LogP contribution in [0.5, 0.6) is 5.75 Å². The van der Waals surface area contributed by atoms with E-state index in [9.17, 15) is 14.4 Å². The Labute approximate surface area is 292 Å². The summed E-state index contributed by atoms with van der Waals surface area (Å²) in [6.07, 6.45) is 2.16. The number of carbonyl (C=O) groups excluding carboxylic acids is 3. The normalized spacial score (nSPS) is 11.8. The van der Waals surface area contributed by atoms with Crippen molar-refractivity contribution in [2.75, 3.05) is 17.2 Å². The first kappa shape index (κ1) is 34.4. The van der Waals surface area contributed by atoms with Crippen LogP contribution in [0.1, 0.15) is 36.2 Å². The molecule has 1 heterocycles. The summed E-state index contributed by atoms with van der Waals surface area (Å²) < 4.78 is 5.51. The molecule has 1 aromatic heterocycles. The number of anilines is 2. The summed E-state index contributed by atoms with van der Waals surface area (Å²) >= 11 is 8.79. The summed E-state index contributed by atoms with van der Waals surface area (Å²) in [5, 5.41) is 11.1. The zero-order valence-corrected chi connectivity index (χ0v) is 28.6. The van der Waals surface area contributed by atoms with Crippen LogP contribution >= 0.6 is 34.7 Å². The van der Waals surface area contributed by atoms with Crippen LogP contribution in [0.15, 0.2) is 119 Å². The average molecular weight is 697 g/mol. The van der Waals surface area contributed by atoms with Gasteiger partial charge in [0.05, 0.1) is 17.6 Å². The van der Waals surface area contributed by atoms with E-state index in [1.807, 2.05) is 55.6 Å². The number of hydrogen-bond acceptors (Lipinski definition) is 7. The first-order valence-electron chi connectivity index (χ1n) is 15.2. The SMILES string of the molecule is CCOc1ccc(-c2csc(NC(=O)C(CC)Sc3cccc(NC(=O)/C(=C/c4ccc(Cl)cc4)NC(=O)c4ccccc4)c3)n2)cc1. The zero-order chi connectivity index (χ0) is 33.9. The first-order chi connectivity index (χ1) is 23.3. The Morgan fingerprint density at radius 1 is 0.917 bits per heavy atom. The molecule has 0 aliphatic carbocycles. The Kier molecular flexibility index (Phi) is 12.0. The monoisotopic (exact) mass is 696 g/mol. The molecule has 0 saturated carbocycles. The van der Waals surface area contributed by atoms with Crippen molar-refractivity contribution in [2.24, 2.45) is 0 Å². The highest BCUT2D eigenvalue weighted by Gasteiger charge is 2.21. The van der Waals surface area contributed by atoms with Gasteiger partial charge >= 0.3 is 0 Å². The Bertz CT molecular complexity index is 1900. The lowest BCUT2D eigenvalue weighted by Crippen LogP contribution is -2.30. The predicted octanol–water partition coefficient (Wildman–Crippen LogP) is 8.78. The average Bonchev–Trinajstić information content (AvgIpc) is 3.57. The molecular weight excluding hydrogens is 664 g/mol.